The van der Waals surface area contributed by atoms with Crippen LogP contribution in [0.25, 0.3) is 0 Å². The van der Waals surface area contributed by atoms with Crippen molar-refractivity contribution in [2.24, 2.45) is 0 Å². The number of esters is 1. The molecule has 0 bridgehead atoms. The Morgan fingerprint density at radius 3 is 2.59 bits per heavy atom. The average molecular weight is 244 g/mol. The minimum Gasteiger partial charge on any atom is -0.467 e. The molecule has 0 heterocycles. The second-order valence-electron chi connectivity index (χ2n) is 4.65. The maximum absolute atomic E-state index is 11.6. The summed E-state index contributed by atoms with van der Waals surface area (Å²) >= 11 is 0. The summed E-state index contributed by atoms with van der Waals surface area (Å²) in [7, 11) is 1.21. The summed E-state index contributed by atoms with van der Waals surface area (Å²) in [5.41, 5.74) is -1.62. The van der Waals surface area contributed by atoms with E-state index in [1.54, 1.807) is 6.92 Å². The highest BCUT2D eigenvalue weighted by Gasteiger charge is 2.32. The standard InChI is InChI=1S/C11H20N2O4/c1-7(9(14)13-8-4-5-8)12-6-11(2,16)10(15)17-3/h7-8,12,16H,4-6H2,1-3H3,(H,13,14). The van der Waals surface area contributed by atoms with E-state index < -0.39 is 17.6 Å². The summed E-state index contributed by atoms with van der Waals surface area (Å²) in [6.07, 6.45) is 2.05. The van der Waals surface area contributed by atoms with Gasteiger partial charge in [-0.1, -0.05) is 0 Å². The lowest BCUT2D eigenvalue weighted by Gasteiger charge is -2.23. The Morgan fingerprint density at radius 1 is 1.53 bits per heavy atom. The Kier molecular flexibility index (Phi) is 4.47. The molecule has 0 aromatic carbocycles. The van der Waals surface area contributed by atoms with E-state index in [9.17, 15) is 14.7 Å². The molecule has 1 aliphatic rings. The van der Waals surface area contributed by atoms with Crippen molar-refractivity contribution in [1.29, 1.82) is 0 Å². The first-order chi connectivity index (χ1) is 7.86. The van der Waals surface area contributed by atoms with Crippen LogP contribution in [0.5, 0.6) is 0 Å². The fourth-order valence-corrected chi connectivity index (χ4v) is 1.29. The Morgan fingerprint density at radius 2 is 2.12 bits per heavy atom. The Hall–Kier alpha value is -1.14. The van der Waals surface area contributed by atoms with Gasteiger partial charge in [0.1, 0.15) is 0 Å². The number of aliphatic hydroxyl groups is 1. The van der Waals surface area contributed by atoms with Crippen LogP contribution in [0.3, 0.4) is 0 Å². The SMILES string of the molecule is COC(=O)C(C)(O)CNC(C)C(=O)NC1CC1. The first-order valence-electron chi connectivity index (χ1n) is 5.71. The van der Waals surface area contributed by atoms with E-state index in [4.69, 9.17) is 0 Å². The maximum Gasteiger partial charge on any atom is 0.338 e. The molecule has 0 aromatic heterocycles. The Bertz CT molecular complexity index is 300. The fourth-order valence-electron chi connectivity index (χ4n) is 1.29. The number of nitrogens with one attached hydrogen (secondary N) is 2. The lowest BCUT2D eigenvalue weighted by molar-refractivity contribution is -0.160. The predicted octanol–water partition coefficient (Wildman–Crippen LogP) is -0.833. The van der Waals surface area contributed by atoms with E-state index in [1.807, 2.05) is 0 Å². The number of carbonyl (C=O) groups is 2. The van der Waals surface area contributed by atoms with Crippen molar-refractivity contribution >= 4 is 11.9 Å². The molecule has 0 radical (unpaired) electrons. The van der Waals surface area contributed by atoms with Crippen LogP contribution in [0.2, 0.25) is 0 Å². The van der Waals surface area contributed by atoms with Crippen LogP contribution in [0.4, 0.5) is 0 Å². The molecular weight excluding hydrogens is 224 g/mol. The lowest BCUT2D eigenvalue weighted by Crippen LogP contribution is -2.51. The van der Waals surface area contributed by atoms with Gasteiger partial charge in [0.15, 0.2) is 5.60 Å². The number of ether oxygens (including phenoxy) is 1. The summed E-state index contributed by atoms with van der Waals surface area (Å²) in [6.45, 7) is 3.00. The monoisotopic (exact) mass is 244 g/mol. The molecule has 1 fully saturated rings. The van der Waals surface area contributed by atoms with Gasteiger partial charge in [-0.25, -0.2) is 4.79 Å². The zero-order valence-electron chi connectivity index (χ0n) is 10.4. The van der Waals surface area contributed by atoms with Gasteiger partial charge in [0.25, 0.3) is 0 Å². The number of carbonyl (C=O) groups excluding carboxylic acids is 2. The number of methoxy groups -OCH3 is 1. The number of rotatable bonds is 6. The average Bonchev–Trinajstić information content (AvgIpc) is 3.08. The van der Waals surface area contributed by atoms with Crippen molar-refractivity contribution in [2.75, 3.05) is 13.7 Å². The lowest BCUT2D eigenvalue weighted by atomic mass is 10.1. The topological polar surface area (TPSA) is 87.7 Å². The molecule has 17 heavy (non-hydrogen) atoms. The molecule has 0 aliphatic heterocycles. The van der Waals surface area contributed by atoms with Crippen molar-refractivity contribution < 1.29 is 19.4 Å². The van der Waals surface area contributed by atoms with Gasteiger partial charge in [-0.05, 0) is 26.7 Å². The van der Waals surface area contributed by atoms with Crippen LogP contribution < -0.4 is 10.6 Å². The van der Waals surface area contributed by atoms with Crippen molar-refractivity contribution in [2.45, 2.75) is 44.4 Å². The molecule has 1 rings (SSSR count). The molecule has 3 N–H and O–H groups in total. The van der Waals surface area contributed by atoms with Gasteiger partial charge in [0.05, 0.1) is 13.2 Å². The highest BCUT2D eigenvalue weighted by molar-refractivity contribution is 5.82. The molecule has 1 amide bonds. The van der Waals surface area contributed by atoms with Gasteiger partial charge < -0.3 is 20.5 Å². The number of amides is 1. The molecule has 0 aromatic rings. The molecule has 0 saturated heterocycles. The van der Waals surface area contributed by atoms with Crippen LogP contribution >= 0.6 is 0 Å². The quantitative estimate of drug-likeness (QED) is 0.531. The first-order valence-corrected chi connectivity index (χ1v) is 5.71. The highest BCUT2D eigenvalue weighted by atomic mass is 16.5. The van der Waals surface area contributed by atoms with Crippen molar-refractivity contribution in [1.82, 2.24) is 10.6 Å². The van der Waals surface area contributed by atoms with E-state index in [2.05, 4.69) is 15.4 Å². The summed E-state index contributed by atoms with van der Waals surface area (Å²) in [6, 6.07) is -0.153. The molecule has 2 atom stereocenters. The molecule has 98 valence electrons. The van der Waals surface area contributed by atoms with Crippen molar-refractivity contribution in [3.8, 4) is 0 Å². The smallest absolute Gasteiger partial charge is 0.338 e. The summed E-state index contributed by atoms with van der Waals surface area (Å²) in [5.74, 6) is -0.840. The normalized spacial score (nSPS) is 20.2. The summed E-state index contributed by atoms with van der Waals surface area (Å²) < 4.78 is 4.45. The zero-order chi connectivity index (χ0) is 13.1. The molecule has 6 nitrogen and oxygen atoms in total. The van der Waals surface area contributed by atoms with Gasteiger partial charge >= 0.3 is 5.97 Å². The summed E-state index contributed by atoms with van der Waals surface area (Å²) in [4.78, 5) is 22.8. The minimum absolute atomic E-state index is 0.0288. The third-order valence-electron chi connectivity index (χ3n) is 2.69. The third kappa shape index (κ3) is 4.32. The minimum atomic E-state index is -1.62. The summed E-state index contributed by atoms with van der Waals surface area (Å²) in [5, 5.41) is 15.4. The molecule has 1 aliphatic carbocycles. The number of hydrogen-bond acceptors (Lipinski definition) is 5. The van der Waals surface area contributed by atoms with Crippen LogP contribution in [0.15, 0.2) is 0 Å². The fraction of sp³-hybridized carbons (Fsp3) is 0.818. The molecule has 0 spiro atoms. The van der Waals surface area contributed by atoms with Crippen LogP contribution in [0.1, 0.15) is 26.7 Å². The number of hydrogen-bond donors (Lipinski definition) is 3. The maximum atomic E-state index is 11.6. The highest BCUT2D eigenvalue weighted by Crippen LogP contribution is 2.18. The van der Waals surface area contributed by atoms with E-state index >= 15 is 0 Å². The van der Waals surface area contributed by atoms with Crippen LogP contribution in [0, 0.1) is 0 Å². The van der Waals surface area contributed by atoms with E-state index in [0.29, 0.717) is 6.04 Å². The van der Waals surface area contributed by atoms with Gasteiger partial charge in [-0.2, -0.15) is 0 Å². The van der Waals surface area contributed by atoms with E-state index in [1.165, 1.54) is 14.0 Å². The molecule has 1 saturated carbocycles. The van der Waals surface area contributed by atoms with Gasteiger partial charge in [-0.15, -0.1) is 0 Å². The van der Waals surface area contributed by atoms with Crippen LogP contribution in [-0.2, 0) is 14.3 Å². The van der Waals surface area contributed by atoms with E-state index in [-0.39, 0.29) is 12.5 Å². The van der Waals surface area contributed by atoms with Crippen molar-refractivity contribution in [3.05, 3.63) is 0 Å². The van der Waals surface area contributed by atoms with Gasteiger partial charge in [-0.3, -0.25) is 4.79 Å². The Labute approximate surface area is 101 Å². The van der Waals surface area contributed by atoms with E-state index in [0.717, 1.165) is 12.8 Å². The molecular formula is C11H20N2O4. The Balaban J connectivity index is 2.32. The van der Waals surface area contributed by atoms with Crippen molar-refractivity contribution in [3.63, 3.8) is 0 Å². The first kappa shape index (κ1) is 13.9. The largest absolute Gasteiger partial charge is 0.467 e. The zero-order valence-corrected chi connectivity index (χ0v) is 10.4. The third-order valence-corrected chi connectivity index (χ3v) is 2.69. The second kappa shape index (κ2) is 5.46. The van der Waals surface area contributed by atoms with Gasteiger partial charge in [0.2, 0.25) is 5.91 Å². The van der Waals surface area contributed by atoms with Crippen LogP contribution in [-0.4, -0.2) is 48.3 Å². The predicted molar refractivity (Wildman–Crippen MR) is 61.3 cm³/mol. The second-order valence-corrected chi connectivity index (χ2v) is 4.65. The molecule has 6 heteroatoms. The molecule has 2 unspecified atom stereocenters. The van der Waals surface area contributed by atoms with Gasteiger partial charge in [0, 0.05) is 12.6 Å².